The van der Waals surface area contributed by atoms with Gasteiger partial charge in [0.1, 0.15) is 11.5 Å². The van der Waals surface area contributed by atoms with Crippen LogP contribution in [0.25, 0.3) is 0 Å². The minimum atomic E-state index is -1.19. The van der Waals surface area contributed by atoms with E-state index in [4.69, 9.17) is 4.74 Å². The normalized spacial score (nSPS) is 14.0. The lowest BCUT2D eigenvalue weighted by Crippen LogP contribution is -2.30. The maximum Gasteiger partial charge on any atom is 0.339 e. The third kappa shape index (κ3) is 5.07. The average Bonchev–Trinajstić information content (AvgIpc) is 3.48. The molecule has 0 spiro atoms. The van der Waals surface area contributed by atoms with E-state index in [2.05, 4.69) is 10.6 Å². The molecule has 1 fully saturated rings. The van der Waals surface area contributed by atoms with Crippen molar-refractivity contribution in [2.45, 2.75) is 38.8 Å². The summed E-state index contributed by atoms with van der Waals surface area (Å²) < 4.78 is 18.7. The molecule has 1 atom stereocenters. The van der Waals surface area contributed by atoms with Crippen molar-refractivity contribution in [3.8, 4) is 0 Å². The zero-order valence-corrected chi connectivity index (χ0v) is 15.9. The first-order valence-corrected chi connectivity index (χ1v) is 9.07. The molecule has 2 aromatic rings. The summed E-state index contributed by atoms with van der Waals surface area (Å²) in [4.78, 5) is 35.3. The van der Waals surface area contributed by atoms with Crippen LogP contribution in [-0.4, -0.2) is 28.9 Å². The molecule has 3 rings (SSSR count). The Kier molecular flexibility index (Phi) is 5.76. The molecule has 152 valence electrons. The summed E-state index contributed by atoms with van der Waals surface area (Å²) in [5, 5.41) is 16.8. The van der Waals surface area contributed by atoms with Gasteiger partial charge in [-0.2, -0.15) is 0 Å². The summed E-state index contributed by atoms with van der Waals surface area (Å²) in [6.45, 7) is 2.95. The number of nitro benzene ring substituents is 1. The summed E-state index contributed by atoms with van der Waals surface area (Å²) >= 11 is 0. The number of nitrogens with one attached hydrogen (secondary N) is 2. The van der Waals surface area contributed by atoms with Crippen LogP contribution in [0.5, 0.6) is 0 Å². The van der Waals surface area contributed by atoms with Crippen molar-refractivity contribution in [1.29, 1.82) is 0 Å². The fraction of sp³-hybridized carbons (Fsp3) is 0.300. The second kappa shape index (κ2) is 8.26. The SMILES string of the molecule is Cc1ccc(NC(=O)[C@@H](C)OC(=O)c2ccc(NC3CC3)c([N+](=O)[O-])c2)cc1F. The van der Waals surface area contributed by atoms with Gasteiger partial charge in [-0.05, 0) is 56.5 Å². The number of hydrogen-bond donors (Lipinski definition) is 2. The van der Waals surface area contributed by atoms with Crippen molar-refractivity contribution in [3.63, 3.8) is 0 Å². The monoisotopic (exact) mass is 401 g/mol. The third-order valence-electron chi connectivity index (χ3n) is 4.46. The van der Waals surface area contributed by atoms with Crippen LogP contribution in [-0.2, 0) is 9.53 Å². The number of nitro groups is 1. The number of ether oxygens (including phenoxy) is 1. The number of halogens is 1. The number of aryl methyl sites for hydroxylation is 1. The van der Waals surface area contributed by atoms with E-state index in [1.165, 1.54) is 31.2 Å². The van der Waals surface area contributed by atoms with Crippen LogP contribution in [0, 0.1) is 22.9 Å². The zero-order chi connectivity index (χ0) is 21.1. The number of rotatable bonds is 7. The average molecular weight is 401 g/mol. The molecule has 9 heteroatoms. The van der Waals surface area contributed by atoms with Crippen LogP contribution < -0.4 is 10.6 Å². The Morgan fingerprint density at radius 1 is 1.24 bits per heavy atom. The molecule has 2 N–H and O–H groups in total. The minimum Gasteiger partial charge on any atom is -0.449 e. The number of benzene rings is 2. The van der Waals surface area contributed by atoms with Crippen molar-refractivity contribution in [3.05, 3.63) is 63.5 Å². The van der Waals surface area contributed by atoms with Crippen LogP contribution in [0.15, 0.2) is 36.4 Å². The molecular formula is C20H20FN3O5. The van der Waals surface area contributed by atoms with E-state index in [0.717, 1.165) is 25.0 Å². The largest absolute Gasteiger partial charge is 0.449 e. The molecule has 0 radical (unpaired) electrons. The lowest BCUT2D eigenvalue weighted by atomic mass is 10.1. The molecule has 0 heterocycles. The summed E-state index contributed by atoms with van der Waals surface area (Å²) in [5.41, 5.74) is 0.717. The standard InChI is InChI=1S/C20H20FN3O5/c1-11-3-5-15(10-16(11)21)23-19(25)12(2)29-20(26)13-4-8-17(22-14-6-7-14)18(9-13)24(27)28/h3-5,8-10,12,14,22H,6-7H2,1-2H3,(H,23,25)/t12-/m1/s1. The summed E-state index contributed by atoms with van der Waals surface area (Å²) in [5.74, 6) is -1.99. The molecule has 29 heavy (non-hydrogen) atoms. The Balaban J connectivity index is 1.66. The van der Waals surface area contributed by atoms with Gasteiger partial charge >= 0.3 is 5.97 Å². The molecule has 0 unspecified atom stereocenters. The molecule has 0 bridgehead atoms. The topological polar surface area (TPSA) is 111 Å². The van der Waals surface area contributed by atoms with Crippen LogP contribution in [0.4, 0.5) is 21.5 Å². The van der Waals surface area contributed by atoms with Crippen molar-refractivity contribution in [1.82, 2.24) is 0 Å². The maximum atomic E-state index is 13.6. The molecule has 1 aliphatic rings. The number of nitrogens with zero attached hydrogens (tertiary/aromatic N) is 1. The van der Waals surface area contributed by atoms with E-state index in [-0.39, 0.29) is 23.0 Å². The highest BCUT2D eigenvalue weighted by Gasteiger charge is 2.26. The lowest BCUT2D eigenvalue weighted by molar-refractivity contribution is -0.384. The third-order valence-corrected chi connectivity index (χ3v) is 4.46. The first-order chi connectivity index (χ1) is 13.7. The zero-order valence-electron chi connectivity index (χ0n) is 15.9. The van der Waals surface area contributed by atoms with E-state index >= 15 is 0 Å². The molecule has 8 nitrogen and oxygen atoms in total. The van der Waals surface area contributed by atoms with Crippen molar-refractivity contribution < 1.29 is 23.6 Å². The first-order valence-electron chi connectivity index (χ1n) is 9.07. The van der Waals surface area contributed by atoms with Gasteiger partial charge in [-0.15, -0.1) is 0 Å². The highest BCUT2D eigenvalue weighted by molar-refractivity contribution is 5.97. The second-order valence-electron chi connectivity index (χ2n) is 6.91. The van der Waals surface area contributed by atoms with Gasteiger partial charge in [0.25, 0.3) is 11.6 Å². The molecule has 2 aromatic carbocycles. The van der Waals surface area contributed by atoms with Gasteiger partial charge in [-0.3, -0.25) is 14.9 Å². The van der Waals surface area contributed by atoms with E-state index < -0.39 is 28.7 Å². The number of amides is 1. The fourth-order valence-corrected chi connectivity index (χ4v) is 2.58. The van der Waals surface area contributed by atoms with Crippen LogP contribution in [0.2, 0.25) is 0 Å². The van der Waals surface area contributed by atoms with E-state index in [1.54, 1.807) is 6.92 Å². The molecule has 1 aliphatic carbocycles. The fourth-order valence-electron chi connectivity index (χ4n) is 2.58. The molecule has 0 aliphatic heterocycles. The Morgan fingerprint density at radius 2 is 1.97 bits per heavy atom. The number of carbonyl (C=O) groups is 2. The quantitative estimate of drug-likeness (QED) is 0.415. The highest BCUT2D eigenvalue weighted by Crippen LogP contribution is 2.31. The van der Waals surface area contributed by atoms with Gasteiger partial charge in [0.15, 0.2) is 6.10 Å². The first kappa shape index (κ1) is 20.2. The van der Waals surface area contributed by atoms with Gasteiger partial charge in [0, 0.05) is 17.8 Å². The highest BCUT2D eigenvalue weighted by atomic mass is 19.1. The predicted octanol–water partition coefficient (Wildman–Crippen LogP) is 3.80. The molecule has 0 aromatic heterocycles. The molecular weight excluding hydrogens is 381 g/mol. The molecule has 1 saturated carbocycles. The summed E-state index contributed by atoms with van der Waals surface area (Å²) in [6.07, 6.45) is 0.701. The lowest BCUT2D eigenvalue weighted by Gasteiger charge is -2.14. The van der Waals surface area contributed by atoms with E-state index in [1.807, 2.05) is 0 Å². The number of esters is 1. The van der Waals surface area contributed by atoms with Gasteiger partial charge < -0.3 is 15.4 Å². The number of hydrogen-bond acceptors (Lipinski definition) is 6. The Morgan fingerprint density at radius 3 is 2.59 bits per heavy atom. The van der Waals surface area contributed by atoms with Gasteiger partial charge in [0.05, 0.1) is 10.5 Å². The van der Waals surface area contributed by atoms with Crippen LogP contribution in [0.1, 0.15) is 35.7 Å². The van der Waals surface area contributed by atoms with Crippen molar-refractivity contribution in [2.75, 3.05) is 10.6 Å². The number of anilines is 2. The maximum absolute atomic E-state index is 13.6. The Hall–Kier alpha value is -3.49. The summed E-state index contributed by atoms with van der Waals surface area (Å²) in [7, 11) is 0. The van der Waals surface area contributed by atoms with Gasteiger partial charge in [0.2, 0.25) is 0 Å². The van der Waals surface area contributed by atoms with Gasteiger partial charge in [-0.1, -0.05) is 6.07 Å². The number of carbonyl (C=O) groups excluding carboxylic acids is 2. The second-order valence-corrected chi connectivity index (χ2v) is 6.91. The summed E-state index contributed by atoms with van der Waals surface area (Å²) in [6, 6.07) is 8.39. The van der Waals surface area contributed by atoms with Crippen molar-refractivity contribution in [2.24, 2.45) is 0 Å². The van der Waals surface area contributed by atoms with Crippen LogP contribution >= 0.6 is 0 Å². The smallest absolute Gasteiger partial charge is 0.339 e. The Labute approximate surface area is 166 Å². The Bertz CT molecular complexity index is 975. The van der Waals surface area contributed by atoms with E-state index in [0.29, 0.717) is 11.3 Å². The predicted molar refractivity (Wildman–Crippen MR) is 104 cm³/mol. The molecule has 0 saturated heterocycles. The minimum absolute atomic E-state index is 0.0425. The van der Waals surface area contributed by atoms with Crippen LogP contribution in [0.3, 0.4) is 0 Å². The van der Waals surface area contributed by atoms with E-state index in [9.17, 15) is 24.1 Å². The van der Waals surface area contributed by atoms with Crippen molar-refractivity contribution >= 4 is 28.9 Å². The van der Waals surface area contributed by atoms with Gasteiger partial charge in [-0.25, -0.2) is 9.18 Å². The molecule has 1 amide bonds.